The molecule has 0 spiro atoms. The minimum absolute atomic E-state index is 0.289. The number of ether oxygens (including phenoxy) is 1. The molecule has 0 aromatic rings. The highest BCUT2D eigenvalue weighted by molar-refractivity contribution is 7.99. The molecule has 0 amide bonds. The van der Waals surface area contributed by atoms with Crippen LogP contribution in [0.15, 0.2) is 0 Å². The molecule has 0 aliphatic rings. The van der Waals surface area contributed by atoms with E-state index in [4.69, 9.17) is 4.74 Å². The largest absolute Gasteiger partial charge is 0.384 e. The molecule has 0 aliphatic heterocycles. The van der Waals surface area contributed by atoms with Gasteiger partial charge in [0.1, 0.15) is 5.78 Å². The molecule has 0 aliphatic carbocycles. The van der Waals surface area contributed by atoms with Crippen LogP contribution in [0.5, 0.6) is 0 Å². The molecular weight excluding hydrogens is 160 g/mol. The standard InChI is InChI=1S/C8H16O2S/c1-8(9)4-3-6-11-7-5-10-2/h3-7H2,1-2H3. The number of ketones is 1. The lowest BCUT2D eigenvalue weighted by molar-refractivity contribution is -0.117. The van der Waals surface area contributed by atoms with Crippen LogP contribution in [-0.4, -0.2) is 31.0 Å². The van der Waals surface area contributed by atoms with Crippen LogP contribution in [0.3, 0.4) is 0 Å². The summed E-state index contributed by atoms with van der Waals surface area (Å²) in [6.45, 7) is 2.45. The number of thioether (sulfide) groups is 1. The Kier molecular flexibility index (Phi) is 8.07. The monoisotopic (exact) mass is 176 g/mol. The lowest BCUT2D eigenvalue weighted by Crippen LogP contribution is -1.95. The van der Waals surface area contributed by atoms with Crippen molar-refractivity contribution in [2.75, 3.05) is 25.2 Å². The summed E-state index contributed by atoms with van der Waals surface area (Å²) >= 11 is 1.84. The van der Waals surface area contributed by atoms with Gasteiger partial charge in [-0.1, -0.05) is 0 Å². The predicted molar refractivity (Wildman–Crippen MR) is 49.1 cm³/mol. The number of rotatable bonds is 7. The van der Waals surface area contributed by atoms with Crippen molar-refractivity contribution >= 4 is 17.5 Å². The Balaban J connectivity index is 2.85. The number of carbonyl (C=O) groups is 1. The average molecular weight is 176 g/mol. The van der Waals surface area contributed by atoms with E-state index in [0.29, 0.717) is 0 Å². The molecule has 11 heavy (non-hydrogen) atoms. The highest BCUT2D eigenvalue weighted by atomic mass is 32.2. The van der Waals surface area contributed by atoms with Crippen molar-refractivity contribution in [1.29, 1.82) is 0 Å². The van der Waals surface area contributed by atoms with Crippen LogP contribution in [0.2, 0.25) is 0 Å². The number of hydrogen-bond donors (Lipinski definition) is 0. The fourth-order valence-electron chi connectivity index (χ4n) is 0.667. The fraction of sp³-hybridized carbons (Fsp3) is 0.875. The molecule has 0 aromatic heterocycles. The van der Waals surface area contributed by atoms with Crippen molar-refractivity contribution in [2.24, 2.45) is 0 Å². The van der Waals surface area contributed by atoms with Gasteiger partial charge in [0.25, 0.3) is 0 Å². The summed E-state index contributed by atoms with van der Waals surface area (Å²) in [4.78, 5) is 10.5. The second-order valence-corrected chi connectivity index (χ2v) is 3.64. The summed E-state index contributed by atoms with van der Waals surface area (Å²) in [5.74, 6) is 2.40. The van der Waals surface area contributed by atoms with Gasteiger partial charge in [0, 0.05) is 19.3 Å². The molecule has 0 atom stereocenters. The average Bonchev–Trinajstić information content (AvgIpc) is 1.96. The van der Waals surface area contributed by atoms with Crippen LogP contribution in [0.1, 0.15) is 19.8 Å². The van der Waals surface area contributed by atoms with Crippen LogP contribution in [0.25, 0.3) is 0 Å². The van der Waals surface area contributed by atoms with Gasteiger partial charge in [-0.05, 0) is 19.1 Å². The molecule has 3 heteroatoms. The van der Waals surface area contributed by atoms with Crippen LogP contribution in [-0.2, 0) is 9.53 Å². The van der Waals surface area contributed by atoms with E-state index in [1.54, 1.807) is 14.0 Å². The molecule has 0 saturated heterocycles. The number of Topliss-reactive ketones (excluding diaryl/α,β-unsaturated/α-hetero) is 1. The van der Waals surface area contributed by atoms with E-state index in [1.165, 1.54) is 0 Å². The Labute approximate surface area is 72.7 Å². The highest BCUT2D eigenvalue weighted by Gasteiger charge is 1.93. The molecule has 0 heterocycles. The molecular formula is C8H16O2S. The fourth-order valence-corrected chi connectivity index (χ4v) is 1.50. The van der Waals surface area contributed by atoms with Gasteiger partial charge in [-0.15, -0.1) is 0 Å². The molecule has 0 radical (unpaired) electrons. The summed E-state index contributed by atoms with van der Waals surface area (Å²) in [5.41, 5.74) is 0. The summed E-state index contributed by atoms with van der Waals surface area (Å²) in [6.07, 6.45) is 1.73. The molecule has 0 unspecified atom stereocenters. The Morgan fingerprint density at radius 3 is 2.73 bits per heavy atom. The smallest absolute Gasteiger partial charge is 0.129 e. The van der Waals surface area contributed by atoms with E-state index >= 15 is 0 Å². The zero-order chi connectivity index (χ0) is 8.53. The van der Waals surface area contributed by atoms with E-state index in [1.807, 2.05) is 11.8 Å². The van der Waals surface area contributed by atoms with Crippen molar-refractivity contribution in [3.05, 3.63) is 0 Å². The maximum atomic E-state index is 10.5. The lowest BCUT2D eigenvalue weighted by Gasteiger charge is -1.98. The molecule has 66 valence electrons. The summed E-state index contributed by atoms with van der Waals surface area (Å²) in [7, 11) is 1.70. The molecule has 2 nitrogen and oxygen atoms in total. The van der Waals surface area contributed by atoms with Gasteiger partial charge in [-0.3, -0.25) is 0 Å². The van der Waals surface area contributed by atoms with Gasteiger partial charge < -0.3 is 9.53 Å². The van der Waals surface area contributed by atoms with E-state index < -0.39 is 0 Å². The Morgan fingerprint density at radius 1 is 1.45 bits per heavy atom. The maximum Gasteiger partial charge on any atom is 0.129 e. The first kappa shape index (κ1) is 11.0. The van der Waals surface area contributed by atoms with E-state index in [2.05, 4.69) is 0 Å². The van der Waals surface area contributed by atoms with Crippen molar-refractivity contribution in [3.63, 3.8) is 0 Å². The second-order valence-electron chi connectivity index (χ2n) is 2.41. The van der Waals surface area contributed by atoms with Crippen molar-refractivity contribution in [3.8, 4) is 0 Å². The quantitative estimate of drug-likeness (QED) is 0.553. The Morgan fingerprint density at radius 2 is 2.18 bits per heavy atom. The molecule has 0 aromatic carbocycles. The first-order valence-electron chi connectivity index (χ1n) is 3.83. The molecule has 0 saturated carbocycles. The topological polar surface area (TPSA) is 26.3 Å². The summed E-state index contributed by atoms with van der Waals surface area (Å²) in [6, 6.07) is 0. The van der Waals surface area contributed by atoms with E-state index in [0.717, 1.165) is 31.0 Å². The SMILES string of the molecule is COCCSCCCC(C)=O. The van der Waals surface area contributed by atoms with Crippen LogP contribution < -0.4 is 0 Å². The molecule has 0 fully saturated rings. The van der Waals surface area contributed by atoms with Gasteiger partial charge in [0.15, 0.2) is 0 Å². The van der Waals surface area contributed by atoms with Crippen molar-refractivity contribution < 1.29 is 9.53 Å². The van der Waals surface area contributed by atoms with Gasteiger partial charge in [-0.25, -0.2) is 0 Å². The van der Waals surface area contributed by atoms with Gasteiger partial charge in [0.2, 0.25) is 0 Å². The second kappa shape index (κ2) is 8.08. The number of hydrogen-bond acceptors (Lipinski definition) is 3. The number of carbonyl (C=O) groups excluding carboxylic acids is 1. The van der Waals surface area contributed by atoms with Gasteiger partial charge in [-0.2, -0.15) is 11.8 Å². The van der Waals surface area contributed by atoms with E-state index in [-0.39, 0.29) is 5.78 Å². The number of methoxy groups -OCH3 is 1. The predicted octanol–water partition coefficient (Wildman–Crippen LogP) is 1.74. The Bertz CT molecular complexity index is 104. The van der Waals surface area contributed by atoms with Crippen LogP contribution in [0, 0.1) is 0 Å². The maximum absolute atomic E-state index is 10.5. The molecule has 0 rings (SSSR count). The van der Waals surface area contributed by atoms with Gasteiger partial charge >= 0.3 is 0 Å². The third-order valence-corrected chi connectivity index (χ3v) is 2.28. The zero-order valence-electron chi connectivity index (χ0n) is 7.26. The third kappa shape index (κ3) is 9.98. The third-order valence-electron chi connectivity index (χ3n) is 1.25. The lowest BCUT2D eigenvalue weighted by atomic mass is 10.3. The highest BCUT2D eigenvalue weighted by Crippen LogP contribution is 2.04. The summed E-state index contributed by atoms with van der Waals surface area (Å²) < 4.78 is 4.88. The first-order valence-corrected chi connectivity index (χ1v) is 4.99. The van der Waals surface area contributed by atoms with E-state index in [9.17, 15) is 4.79 Å². The van der Waals surface area contributed by atoms with Crippen molar-refractivity contribution in [1.82, 2.24) is 0 Å². The minimum Gasteiger partial charge on any atom is -0.384 e. The van der Waals surface area contributed by atoms with Gasteiger partial charge in [0.05, 0.1) is 6.61 Å². The van der Waals surface area contributed by atoms with Crippen LogP contribution >= 0.6 is 11.8 Å². The Hall–Kier alpha value is -0.0200. The normalized spacial score (nSPS) is 10.0. The first-order chi connectivity index (χ1) is 5.27. The molecule has 0 N–H and O–H groups in total. The van der Waals surface area contributed by atoms with Crippen molar-refractivity contribution in [2.45, 2.75) is 19.8 Å². The van der Waals surface area contributed by atoms with Crippen LogP contribution in [0.4, 0.5) is 0 Å². The zero-order valence-corrected chi connectivity index (χ0v) is 8.08. The summed E-state index contributed by atoms with van der Waals surface area (Å²) in [5, 5.41) is 0. The minimum atomic E-state index is 0.289. The molecule has 0 bridgehead atoms.